The summed E-state index contributed by atoms with van der Waals surface area (Å²) in [5.74, 6) is 0.390. The summed E-state index contributed by atoms with van der Waals surface area (Å²) in [5, 5.41) is 0. The Bertz CT molecular complexity index is 426. The van der Waals surface area contributed by atoms with E-state index in [0.717, 1.165) is 0 Å². The second-order valence-corrected chi connectivity index (χ2v) is 4.08. The maximum Gasteiger partial charge on any atom is 0.262 e. The van der Waals surface area contributed by atoms with Crippen molar-refractivity contribution in [2.75, 3.05) is 14.1 Å². The lowest BCUT2D eigenvalue weighted by molar-refractivity contribution is -0.135. The predicted molar refractivity (Wildman–Crippen MR) is 65.2 cm³/mol. The van der Waals surface area contributed by atoms with Crippen LogP contribution in [-0.4, -0.2) is 36.8 Å². The Morgan fingerprint density at radius 2 is 1.94 bits per heavy atom. The van der Waals surface area contributed by atoms with E-state index < -0.39 is 6.10 Å². The van der Waals surface area contributed by atoms with Gasteiger partial charge in [-0.1, -0.05) is 12.1 Å². The average Bonchev–Trinajstić information content (AvgIpc) is 2.28. The molecular formula is C13H17NO3. The largest absolute Gasteiger partial charge is 0.481 e. The van der Waals surface area contributed by atoms with Gasteiger partial charge in [-0.3, -0.25) is 9.59 Å². The van der Waals surface area contributed by atoms with E-state index in [4.69, 9.17) is 4.74 Å². The molecule has 0 aliphatic rings. The number of ether oxygens (including phenoxy) is 1. The van der Waals surface area contributed by atoms with E-state index in [-0.39, 0.29) is 11.7 Å². The number of carbonyl (C=O) groups is 2. The van der Waals surface area contributed by atoms with Crippen molar-refractivity contribution in [3.05, 3.63) is 29.8 Å². The lowest BCUT2D eigenvalue weighted by Gasteiger charge is -2.18. The highest BCUT2D eigenvalue weighted by atomic mass is 16.5. The number of hydrogen-bond acceptors (Lipinski definition) is 3. The molecule has 0 N–H and O–H groups in total. The van der Waals surface area contributed by atoms with Gasteiger partial charge in [0.2, 0.25) is 0 Å². The van der Waals surface area contributed by atoms with E-state index in [9.17, 15) is 9.59 Å². The fourth-order valence-electron chi connectivity index (χ4n) is 1.41. The van der Waals surface area contributed by atoms with Crippen LogP contribution < -0.4 is 4.74 Å². The van der Waals surface area contributed by atoms with E-state index in [2.05, 4.69) is 0 Å². The highest BCUT2D eigenvalue weighted by Crippen LogP contribution is 2.15. The zero-order valence-electron chi connectivity index (χ0n) is 10.6. The molecule has 1 aromatic rings. The minimum atomic E-state index is -0.563. The normalized spacial score (nSPS) is 11.8. The Morgan fingerprint density at radius 1 is 1.29 bits per heavy atom. The zero-order chi connectivity index (χ0) is 13.0. The fourth-order valence-corrected chi connectivity index (χ4v) is 1.41. The first-order valence-electron chi connectivity index (χ1n) is 5.40. The van der Waals surface area contributed by atoms with Crippen molar-refractivity contribution in [3.8, 4) is 5.75 Å². The monoisotopic (exact) mass is 235 g/mol. The van der Waals surface area contributed by atoms with Crippen LogP contribution in [0, 0.1) is 0 Å². The molecule has 0 saturated heterocycles. The summed E-state index contributed by atoms with van der Waals surface area (Å²) < 4.78 is 5.48. The first-order chi connectivity index (χ1) is 7.91. The Morgan fingerprint density at radius 3 is 2.47 bits per heavy atom. The van der Waals surface area contributed by atoms with Gasteiger partial charge < -0.3 is 9.64 Å². The summed E-state index contributed by atoms with van der Waals surface area (Å²) in [6.07, 6.45) is -0.563. The number of likely N-dealkylation sites (N-methyl/N-ethyl adjacent to an activating group) is 1. The fraction of sp³-hybridized carbons (Fsp3) is 0.385. The van der Waals surface area contributed by atoms with E-state index in [1.54, 1.807) is 45.3 Å². The first kappa shape index (κ1) is 13.2. The number of carbonyl (C=O) groups excluding carboxylic acids is 2. The third-order valence-corrected chi connectivity index (χ3v) is 2.34. The second kappa shape index (κ2) is 5.48. The summed E-state index contributed by atoms with van der Waals surface area (Å²) in [4.78, 5) is 24.3. The molecule has 0 radical (unpaired) electrons. The van der Waals surface area contributed by atoms with Crippen LogP contribution in [0.1, 0.15) is 24.2 Å². The lowest BCUT2D eigenvalue weighted by Crippen LogP contribution is -2.35. The molecule has 0 aliphatic carbocycles. The van der Waals surface area contributed by atoms with E-state index in [0.29, 0.717) is 11.3 Å². The number of ketones is 1. The molecule has 92 valence electrons. The lowest BCUT2D eigenvalue weighted by atomic mass is 10.1. The maximum absolute atomic E-state index is 11.6. The highest BCUT2D eigenvalue weighted by Gasteiger charge is 2.16. The predicted octanol–water partition coefficient (Wildman–Crippen LogP) is 1.74. The van der Waals surface area contributed by atoms with Crippen molar-refractivity contribution in [2.24, 2.45) is 0 Å². The van der Waals surface area contributed by atoms with Crippen molar-refractivity contribution in [3.63, 3.8) is 0 Å². The topological polar surface area (TPSA) is 46.6 Å². The van der Waals surface area contributed by atoms with Crippen LogP contribution in [0.15, 0.2) is 24.3 Å². The smallest absolute Gasteiger partial charge is 0.262 e. The third-order valence-electron chi connectivity index (χ3n) is 2.34. The van der Waals surface area contributed by atoms with Crippen LogP contribution in [0.2, 0.25) is 0 Å². The molecule has 0 heterocycles. The molecule has 0 aromatic heterocycles. The molecule has 4 heteroatoms. The molecule has 17 heavy (non-hydrogen) atoms. The van der Waals surface area contributed by atoms with Gasteiger partial charge in [0, 0.05) is 19.7 Å². The summed E-state index contributed by atoms with van der Waals surface area (Å²) in [6, 6.07) is 6.82. The number of rotatable bonds is 4. The van der Waals surface area contributed by atoms with Crippen LogP contribution in [0.4, 0.5) is 0 Å². The van der Waals surface area contributed by atoms with Crippen LogP contribution in [0.3, 0.4) is 0 Å². The summed E-state index contributed by atoms with van der Waals surface area (Å²) in [5.41, 5.74) is 0.576. The minimum absolute atomic E-state index is 0.0259. The van der Waals surface area contributed by atoms with Crippen LogP contribution in [-0.2, 0) is 4.79 Å². The molecule has 1 amide bonds. The number of amides is 1. The molecule has 4 nitrogen and oxygen atoms in total. The molecule has 0 spiro atoms. The van der Waals surface area contributed by atoms with Crippen molar-refractivity contribution in [2.45, 2.75) is 20.0 Å². The number of benzene rings is 1. The number of Topliss-reactive ketones (excluding diaryl/α,β-unsaturated/α-hetero) is 1. The summed E-state index contributed by atoms with van der Waals surface area (Å²) in [6.45, 7) is 3.18. The average molecular weight is 235 g/mol. The Labute approximate surface area is 101 Å². The summed E-state index contributed by atoms with van der Waals surface area (Å²) >= 11 is 0. The standard InChI is InChI=1S/C13H17NO3/c1-9(15)11-6-5-7-12(8-11)17-10(2)13(16)14(3)4/h5-8,10H,1-4H3. The Balaban J connectivity index is 2.78. The quantitative estimate of drug-likeness (QED) is 0.747. The third kappa shape index (κ3) is 3.59. The Kier molecular flexibility index (Phi) is 4.26. The summed E-state index contributed by atoms with van der Waals surface area (Å²) in [7, 11) is 3.35. The molecule has 0 saturated carbocycles. The molecule has 1 atom stereocenters. The van der Waals surface area contributed by atoms with Gasteiger partial charge in [-0.15, -0.1) is 0 Å². The van der Waals surface area contributed by atoms with Crippen molar-refractivity contribution < 1.29 is 14.3 Å². The molecular weight excluding hydrogens is 218 g/mol. The zero-order valence-corrected chi connectivity index (χ0v) is 10.6. The molecule has 0 aliphatic heterocycles. The molecule has 0 fully saturated rings. The molecule has 0 bridgehead atoms. The molecule has 1 unspecified atom stereocenters. The van der Waals surface area contributed by atoms with Crippen molar-refractivity contribution in [1.29, 1.82) is 0 Å². The van der Waals surface area contributed by atoms with Crippen LogP contribution in [0.25, 0.3) is 0 Å². The van der Waals surface area contributed by atoms with Gasteiger partial charge in [-0.2, -0.15) is 0 Å². The van der Waals surface area contributed by atoms with Gasteiger partial charge in [0.25, 0.3) is 5.91 Å². The molecule has 1 rings (SSSR count). The Hall–Kier alpha value is -1.84. The number of nitrogens with zero attached hydrogens (tertiary/aromatic N) is 1. The van der Waals surface area contributed by atoms with Gasteiger partial charge in [0.15, 0.2) is 11.9 Å². The van der Waals surface area contributed by atoms with Crippen molar-refractivity contribution in [1.82, 2.24) is 4.90 Å². The number of hydrogen-bond donors (Lipinski definition) is 0. The van der Waals surface area contributed by atoms with Gasteiger partial charge in [-0.25, -0.2) is 0 Å². The van der Waals surface area contributed by atoms with Gasteiger partial charge in [0.05, 0.1) is 0 Å². The molecule has 1 aromatic carbocycles. The minimum Gasteiger partial charge on any atom is -0.481 e. The van der Waals surface area contributed by atoms with Crippen LogP contribution in [0.5, 0.6) is 5.75 Å². The van der Waals surface area contributed by atoms with Gasteiger partial charge in [-0.05, 0) is 26.0 Å². The van der Waals surface area contributed by atoms with E-state index >= 15 is 0 Å². The van der Waals surface area contributed by atoms with Crippen molar-refractivity contribution >= 4 is 11.7 Å². The van der Waals surface area contributed by atoms with Gasteiger partial charge in [0.1, 0.15) is 5.75 Å². The maximum atomic E-state index is 11.6. The first-order valence-corrected chi connectivity index (χ1v) is 5.40. The highest BCUT2D eigenvalue weighted by molar-refractivity contribution is 5.94. The van der Waals surface area contributed by atoms with E-state index in [1.165, 1.54) is 11.8 Å². The SMILES string of the molecule is CC(=O)c1cccc(OC(C)C(=O)N(C)C)c1. The van der Waals surface area contributed by atoms with Crippen LogP contribution >= 0.6 is 0 Å². The second-order valence-electron chi connectivity index (χ2n) is 4.08. The van der Waals surface area contributed by atoms with E-state index in [1.807, 2.05) is 0 Å². The van der Waals surface area contributed by atoms with Gasteiger partial charge >= 0.3 is 0 Å².